The van der Waals surface area contributed by atoms with Crippen LogP contribution in [-0.2, 0) is 0 Å². The Labute approximate surface area is 121 Å². The maximum atomic E-state index is 11.9. The number of halogens is 4. The Hall–Kier alpha value is -0.320. The van der Waals surface area contributed by atoms with Crippen LogP contribution in [0.15, 0.2) is 0 Å². The summed E-state index contributed by atoms with van der Waals surface area (Å²) >= 11 is 0. The molecule has 0 atom stereocenters. The lowest BCUT2D eigenvalue weighted by Gasteiger charge is -2.23. The minimum Gasteiger partial charge on any atom is -1.00 e. The van der Waals surface area contributed by atoms with Crippen LogP contribution < -0.4 is 4.70 Å². The van der Waals surface area contributed by atoms with Gasteiger partial charge in [-0.05, 0) is 19.3 Å². The lowest BCUT2D eigenvalue weighted by molar-refractivity contribution is -0.870. The zero-order valence-electron chi connectivity index (χ0n) is 13.2. The second kappa shape index (κ2) is 11.4. The van der Waals surface area contributed by atoms with Crippen LogP contribution in [0.3, 0.4) is 0 Å². The summed E-state index contributed by atoms with van der Waals surface area (Å²) in [6.45, 7) is 1.22. The molecule has 0 rings (SSSR count). The maximum Gasteiger partial charge on any atom is 0.389 e. The van der Waals surface area contributed by atoms with Crippen molar-refractivity contribution in [2.24, 2.45) is 0 Å². The van der Waals surface area contributed by atoms with Crippen LogP contribution in [0.5, 0.6) is 0 Å². The predicted molar refractivity (Wildman–Crippen MR) is 75.1 cm³/mol. The molecular weight excluding hydrogens is 270 g/mol. The van der Waals surface area contributed by atoms with Crippen LogP contribution >= 0.6 is 0 Å². The van der Waals surface area contributed by atoms with Crippen LogP contribution in [0.4, 0.5) is 13.2 Å². The second-order valence-corrected chi connectivity index (χ2v) is 6.56. The number of rotatable bonds is 11. The number of hydrogen-bond donors (Lipinski definition) is 0. The fourth-order valence-electron chi connectivity index (χ4n) is 2.15. The summed E-state index contributed by atoms with van der Waals surface area (Å²) in [5.74, 6) is 0. The van der Waals surface area contributed by atoms with E-state index in [1.54, 1.807) is 0 Å². The van der Waals surface area contributed by atoms with Crippen molar-refractivity contribution >= 4 is 0 Å². The zero-order valence-corrected chi connectivity index (χ0v) is 13.2. The summed E-state index contributed by atoms with van der Waals surface area (Å²) < 4.78 is 36.7. The van der Waals surface area contributed by atoms with Crippen LogP contribution in [-0.4, -0.2) is 38.3 Å². The van der Waals surface area contributed by atoms with Gasteiger partial charge >= 0.3 is 6.18 Å². The van der Waals surface area contributed by atoms with Gasteiger partial charge in [-0.3, -0.25) is 0 Å². The minimum absolute atomic E-state index is 0. The highest BCUT2D eigenvalue weighted by molar-refractivity contribution is 4.52. The fraction of sp³-hybridized carbons (Fsp3) is 1.00. The highest BCUT2D eigenvalue weighted by atomic mass is 19.4. The molecule has 1 nitrogen and oxygen atoms in total. The molecule has 0 aliphatic carbocycles. The van der Waals surface area contributed by atoms with Gasteiger partial charge in [0, 0.05) is 6.42 Å². The second-order valence-electron chi connectivity index (χ2n) is 6.56. The topological polar surface area (TPSA) is 0 Å². The van der Waals surface area contributed by atoms with Crippen LogP contribution in [0.25, 0.3) is 0 Å². The van der Waals surface area contributed by atoms with E-state index in [-0.39, 0.29) is 4.70 Å². The van der Waals surface area contributed by atoms with E-state index in [1.165, 1.54) is 38.6 Å². The molecule has 0 unspecified atom stereocenters. The normalized spacial score (nSPS) is 12.3. The molecule has 0 N–H and O–H groups in total. The summed E-state index contributed by atoms with van der Waals surface area (Å²) in [7, 11) is 6.63. The largest absolute Gasteiger partial charge is 1.00 e. The van der Waals surface area contributed by atoms with Gasteiger partial charge in [-0.2, -0.15) is 13.2 Å². The summed E-state index contributed by atoms with van der Waals surface area (Å²) in [4.78, 5) is 0. The van der Waals surface area contributed by atoms with Gasteiger partial charge in [-0.1, -0.05) is 38.5 Å². The lowest BCUT2D eigenvalue weighted by Crippen LogP contribution is -3.00. The Bertz CT molecular complexity index is 187. The van der Waals surface area contributed by atoms with Crippen molar-refractivity contribution in [3.63, 3.8) is 0 Å². The quantitative estimate of drug-likeness (QED) is 0.312. The monoisotopic (exact) mass is 301 g/mol. The van der Waals surface area contributed by atoms with Gasteiger partial charge in [0.05, 0.1) is 27.7 Å². The molecule has 0 saturated heterocycles. The van der Waals surface area contributed by atoms with E-state index in [4.69, 9.17) is 0 Å². The molecule has 0 aromatic rings. The van der Waals surface area contributed by atoms with E-state index in [2.05, 4.69) is 21.1 Å². The van der Waals surface area contributed by atoms with Crippen molar-refractivity contribution < 1.29 is 22.4 Å². The van der Waals surface area contributed by atoms with Gasteiger partial charge in [0.25, 0.3) is 0 Å². The van der Waals surface area contributed by atoms with Crippen LogP contribution in [0, 0.1) is 0 Å². The summed E-state index contributed by atoms with van der Waals surface area (Å²) in [5, 5.41) is 0. The number of nitrogens with zero attached hydrogens (tertiary/aromatic N) is 1. The predicted octanol–water partition coefficient (Wildman–Crippen LogP) is 2.16. The van der Waals surface area contributed by atoms with Crippen molar-refractivity contribution in [3.8, 4) is 0 Å². The molecule has 0 bridgehead atoms. The minimum atomic E-state index is -3.97. The molecule has 5 heteroatoms. The first-order valence-corrected chi connectivity index (χ1v) is 7.58. The first-order chi connectivity index (χ1) is 8.71. The SMILES string of the molecule is C[N+](C)(C)CCCCCCCCCCCC(F)(F)F.[F-]. The third-order valence-corrected chi connectivity index (χ3v) is 3.29. The van der Waals surface area contributed by atoms with Crippen molar-refractivity contribution in [3.05, 3.63) is 0 Å². The maximum absolute atomic E-state index is 11.9. The third-order valence-electron chi connectivity index (χ3n) is 3.29. The van der Waals surface area contributed by atoms with Gasteiger partial charge in [-0.25, -0.2) is 0 Å². The van der Waals surface area contributed by atoms with E-state index < -0.39 is 12.6 Å². The van der Waals surface area contributed by atoms with Crippen LogP contribution in [0.2, 0.25) is 0 Å². The number of alkyl halides is 3. The molecule has 0 amide bonds. The molecule has 0 heterocycles. The van der Waals surface area contributed by atoms with Gasteiger partial charge in [-0.15, -0.1) is 0 Å². The Balaban J connectivity index is 0. The summed E-state index contributed by atoms with van der Waals surface area (Å²) in [6.07, 6.45) is 4.72. The first kappa shape index (κ1) is 22.0. The Kier molecular flexibility index (Phi) is 12.5. The van der Waals surface area contributed by atoms with Gasteiger partial charge < -0.3 is 9.19 Å². The van der Waals surface area contributed by atoms with Gasteiger partial charge in [0.1, 0.15) is 0 Å². The Morgan fingerprint density at radius 2 is 1.00 bits per heavy atom. The third kappa shape index (κ3) is 20.0. The van der Waals surface area contributed by atoms with Gasteiger partial charge in [0.2, 0.25) is 0 Å². The molecule has 0 aromatic carbocycles. The Morgan fingerprint density at radius 1 is 0.650 bits per heavy atom. The average Bonchev–Trinajstić information content (AvgIpc) is 2.22. The first-order valence-electron chi connectivity index (χ1n) is 7.58. The van der Waals surface area contributed by atoms with Crippen molar-refractivity contribution in [1.29, 1.82) is 0 Å². The highest BCUT2D eigenvalue weighted by Gasteiger charge is 2.25. The fourth-order valence-corrected chi connectivity index (χ4v) is 2.15. The number of quaternary nitrogens is 1. The smallest absolute Gasteiger partial charge is 0.389 e. The van der Waals surface area contributed by atoms with Crippen LogP contribution in [0.1, 0.15) is 64.2 Å². The standard InChI is InChI=1S/C15H31F3N.FH/c1-19(2,3)14-12-10-8-6-4-5-7-9-11-13-15(16,17)18;/h4-14H2,1-3H3;1H/q+1;/p-1. The molecule has 124 valence electrons. The van der Waals surface area contributed by atoms with Crippen molar-refractivity contribution in [2.45, 2.75) is 70.4 Å². The van der Waals surface area contributed by atoms with E-state index in [0.29, 0.717) is 6.42 Å². The van der Waals surface area contributed by atoms with E-state index in [9.17, 15) is 13.2 Å². The molecular formula is C15H31F4N. The van der Waals surface area contributed by atoms with E-state index in [0.717, 1.165) is 23.7 Å². The number of unbranched alkanes of at least 4 members (excludes halogenated alkanes) is 8. The molecule has 0 radical (unpaired) electrons. The zero-order chi connectivity index (χ0) is 14.8. The molecule has 0 aromatic heterocycles. The molecule has 0 fully saturated rings. The lowest BCUT2D eigenvalue weighted by atomic mass is 10.1. The van der Waals surface area contributed by atoms with Crippen molar-refractivity contribution in [2.75, 3.05) is 27.7 Å². The average molecular weight is 301 g/mol. The van der Waals surface area contributed by atoms with Gasteiger partial charge in [0.15, 0.2) is 0 Å². The number of hydrogen-bond acceptors (Lipinski definition) is 0. The Morgan fingerprint density at radius 3 is 1.35 bits per heavy atom. The van der Waals surface area contributed by atoms with E-state index in [1.807, 2.05) is 0 Å². The summed E-state index contributed by atoms with van der Waals surface area (Å²) in [6, 6.07) is 0. The van der Waals surface area contributed by atoms with Crippen molar-refractivity contribution in [1.82, 2.24) is 0 Å². The summed E-state index contributed by atoms with van der Waals surface area (Å²) in [5.41, 5.74) is 0. The van der Waals surface area contributed by atoms with E-state index >= 15 is 0 Å². The molecule has 0 aliphatic heterocycles. The molecule has 0 saturated carbocycles. The molecule has 0 aliphatic rings. The molecule has 20 heavy (non-hydrogen) atoms. The highest BCUT2D eigenvalue weighted by Crippen LogP contribution is 2.23. The molecule has 0 spiro atoms.